The van der Waals surface area contributed by atoms with Gasteiger partial charge in [0.1, 0.15) is 5.75 Å². The normalized spacial score (nSPS) is 14.2. The van der Waals surface area contributed by atoms with Crippen LogP contribution in [0.25, 0.3) is 0 Å². The van der Waals surface area contributed by atoms with Gasteiger partial charge in [-0.3, -0.25) is 0 Å². The molecule has 0 fully saturated rings. The maximum Gasteiger partial charge on any atom is 0.418 e. The first kappa shape index (κ1) is 12.8. The second-order valence-corrected chi connectivity index (χ2v) is 3.88. The van der Waals surface area contributed by atoms with Crippen LogP contribution >= 0.6 is 0 Å². The highest BCUT2D eigenvalue weighted by atomic mass is 19.4. The van der Waals surface area contributed by atoms with E-state index in [1.165, 1.54) is 12.1 Å². The zero-order valence-corrected chi connectivity index (χ0v) is 8.92. The van der Waals surface area contributed by atoms with Gasteiger partial charge in [-0.15, -0.1) is 0 Å². The summed E-state index contributed by atoms with van der Waals surface area (Å²) in [6, 6.07) is 3.99. The number of phenolic OH excluding ortho intramolecular Hbond substituents is 1. The molecule has 1 atom stereocenters. The van der Waals surface area contributed by atoms with E-state index in [1.807, 2.05) is 0 Å². The highest BCUT2D eigenvalue weighted by Gasteiger charge is 2.41. The summed E-state index contributed by atoms with van der Waals surface area (Å²) >= 11 is 0. The van der Waals surface area contributed by atoms with Gasteiger partial charge in [0.05, 0.1) is 0 Å². The summed E-state index contributed by atoms with van der Waals surface area (Å²) in [4.78, 5) is 0. The molecule has 1 rings (SSSR count). The van der Waals surface area contributed by atoms with Crippen LogP contribution in [-0.2, 0) is 0 Å². The van der Waals surface area contributed by atoms with Crippen molar-refractivity contribution in [2.75, 3.05) is 0 Å². The van der Waals surface area contributed by atoms with E-state index < -0.39 is 23.6 Å². The topological polar surface area (TPSA) is 40.5 Å². The third kappa shape index (κ3) is 2.47. The van der Waals surface area contributed by atoms with Crippen LogP contribution in [0.3, 0.4) is 0 Å². The lowest BCUT2D eigenvalue weighted by Crippen LogP contribution is -2.20. The van der Waals surface area contributed by atoms with Crippen molar-refractivity contribution in [1.29, 1.82) is 0 Å². The molecule has 0 radical (unpaired) electrons. The van der Waals surface area contributed by atoms with Gasteiger partial charge in [-0.05, 0) is 11.5 Å². The van der Waals surface area contributed by atoms with Crippen molar-refractivity contribution in [2.45, 2.75) is 32.0 Å². The van der Waals surface area contributed by atoms with Gasteiger partial charge in [0, 0.05) is 5.56 Å². The third-order valence-electron chi connectivity index (χ3n) is 2.33. The number of rotatable bonds is 2. The van der Waals surface area contributed by atoms with Gasteiger partial charge >= 0.3 is 6.18 Å². The van der Waals surface area contributed by atoms with E-state index in [4.69, 9.17) is 5.11 Å². The number of halogens is 3. The van der Waals surface area contributed by atoms with E-state index in [0.717, 1.165) is 6.07 Å². The van der Waals surface area contributed by atoms with E-state index in [1.54, 1.807) is 13.8 Å². The first-order valence-corrected chi connectivity index (χ1v) is 4.81. The Labute approximate surface area is 91.3 Å². The van der Waals surface area contributed by atoms with E-state index in [0.29, 0.717) is 5.56 Å². The summed E-state index contributed by atoms with van der Waals surface area (Å²) in [5.41, 5.74) is -0.112. The van der Waals surface area contributed by atoms with Crippen molar-refractivity contribution in [2.24, 2.45) is 0 Å². The van der Waals surface area contributed by atoms with E-state index in [-0.39, 0.29) is 5.92 Å². The molecule has 0 heterocycles. The minimum atomic E-state index is -4.77. The van der Waals surface area contributed by atoms with Crippen LogP contribution in [0.2, 0.25) is 0 Å². The minimum Gasteiger partial charge on any atom is -0.507 e. The van der Waals surface area contributed by atoms with Crippen molar-refractivity contribution >= 4 is 0 Å². The molecule has 0 bridgehead atoms. The van der Waals surface area contributed by atoms with Crippen molar-refractivity contribution in [3.63, 3.8) is 0 Å². The number of aliphatic hydroxyl groups is 1. The number of aromatic hydroxyl groups is 1. The molecule has 0 aliphatic heterocycles. The second-order valence-electron chi connectivity index (χ2n) is 3.88. The van der Waals surface area contributed by atoms with Crippen molar-refractivity contribution in [3.8, 4) is 5.75 Å². The summed E-state index contributed by atoms with van der Waals surface area (Å²) in [6.07, 6.45) is -7.42. The first-order valence-electron chi connectivity index (χ1n) is 4.81. The molecule has 0 saturated carbocycles. The van der Waals surface area contributed by atoms with Gasteiger partial charge in [-0.25, -0.2) is 0 Å². The number of alkyl halides is 3. The van der Waals surface area contributed by atoms with E-state index in [2.05, 4.69) is 0 Å². The van der Waals surface area contributed by atoms with Crippen LogP contribution in [0.15, 0.2) is 18.2 Å². The molecule has 0 aromatic heterocycles. The van der Waals surface area contributed by atoms with Crippen LogP contribution in [0.4, 0.5) is 13.2 Å². The molecule has 0 aliphatic rings. The standard InChI is InChI=1S/C11H13F3O2/c1-6(2)7-4-3-5-8(9(7)15)10(16)11(12,13)14/h3-6,10,15-16H,1-2H3. The van der Waals surface area contributed by atoms with Crippen LogP contribution in [0, 0.1) is 0 Å². The fourth-order valence-electron chi connectivity index (χ4n) is 1.44. The number of benzene rings is 1. The molecule has 1 unspecified atom stereocenters. The average molecular weight is 234 g/mol. The maximum absolute atomic E-state index is 12.3. The molecule has 2 nitrogen and oxygen atoms in total. The Morgan fingerprint density at radius 3 is 2.06 bits per heavy atom. The Morgan fingerprint density at radius 2 is 1.62 bits per heavy atom. The lowest BCUT2D eigenvalue weighted by Gasteiger charge is -2.18. The monoisotopic (exact) mass is 234 g/mol. The molecule has 0 saturated heterocycles. The number of hydrogen-bond donors (Lipinski definition) is 2. The van der Waals surface area contributed by atoms with Gasteiger partial charge in [0.2, 0.25) is 0 Å². The summed E-state index contributed by atoms with van der Waals surface area (Å²) in [5.74, 6) is -0.595. The highest BCUT2D eigenvalue weighted by molar-refractivity contribution is 5.43. The molecule has 0 aliphatic carbocycles. The highest BCUT2D eigenvalue weighted by Crippen LogP contribution is 2.39. The molecule has 0 amide bonds. The molecular weight excluding hydrogens is 221 g/mol. The van der Waals surface area contributed by atoms with Crippen LogP contribution < -0.4 is 0 Å². The molecule has 5 heteroatoms. The van der Waals surface area contributed by atoms with Gasteiger partial charge < -0.3 is 10.2 Å². The molecule has 16 heavy (non-hydrogen) atoms. The summed E-state index contributed by atoms with van der Waals surface area (Å²) in [7, 11) is 0. The van der Waals surface area contributed by atoms with Crippen molar-refractivity contribution < 1.29 is 23.4 Å². The summed E-state index contributed by atoms with van der Waals surface area (Å²) < 4.78 is 36.9. The predicted molar refractivity (Wildman–Crippen MR) is 53.2 cm³/mol. The molecule has 2 N–H and O–H groups in total. The van der Waals surface area contributed by atoms with Crippen molar-refractivity contribution in [1.82, 2.24) is 0 Å². The number of phenols is 1. The second kappa shape index (κ2) is 4.33. The Hall–Kier alpha value is -1.23. The third-order valence-corrected chi connectivity index (χ3v) is 2.33. The predicted octanol–water partition coefficient (Wildman–Crippen LogP) is 3.11. The molecular formula is C11H13F3O2. The van der Waals surface area contributed by atoms with Gasteiger partial charge in [-0.2, -0.15) is 13.2 Å². The summed E-state index contributed by atoms with van der Waals surface area (Å²) in [6.45, 7) is 3.50. The maximum atomic E-state index is 12.3. The minimum absolute atomic E-state index is 0.111. The zero-order valence-electron chi connectivity index (χ0n) is 8.92. The summed E-state index contributed by atoms with van der Waals surface area (Å²) in [5, 5.41) is 18.7. The quantitative estimate of drug-likeness (QED) is 0.825. The van der Waals surface area contributed by atoms with E-state index in [9.17, 15) is 18.3 Å². The smallest absolute Gasteiger partial charge is 0.418 e. The molecule has 1 aromatic rings. The van der Waals surface area contributed by atoms with Gasteiger partial charge in [0.15, 0.2) is 6.10 Å². The Bertz CT molecular complexity index is 372. The Balaban J connectivity index is 3.21. The van der Waals surface area contributed by atoms with E-state index >= 15 is 0 Å². The van der Waals surface area contributed by atoms with Crippen molar-refractivity contribution in [3.05, 3.63) is 29.3 Å². The van der Waals surface area contributed by atoms with Gasteiger partial charge in [0.25, 0.3) is 0 Å². The van der Waals surface area contributed by atoms with Crippen LogP contribution in [-0.4, -0.2) is 16.4 Å². The zero-order chi connectivity index (χ0) is 12.5. The van der Waals surface area contributed by atoms with Crippen LogP contribution in [0.1, 0.15) is 37.0 Å². The first-order chi connectivity index (χ1) is 7.25. The van der Waals surface area contributed by atoms with Gasteiger partial charge in [-0.1, -0.05) is 32.0 Å². The fraction of sp³-hybridized carbons (Fsp3) is 0.455. The average Bonchev–Trinajstić information content (AvgIpc) is 2.15. The Morgan fingerprint density at radius 1 is 1.12 bits per heavy atom. The lowest BCUT2D eigenvalue weighted by atomic mass is 9.97. The number of hydrogen-bond acceptors (Lipinski definition) is 2. The Kier molecular flexibility index (Phi) is 3.48. The number of aliphatic hydroxyl groups excluding tert-OH is 1. The molecule has 90 valence electrons. The van der Waals surface area contributed by atoms with Crippen LogP contribution in [0.5, 0.6) is 5.75 Å². The fourth-order valence-corrected chi connectivity index (χ4v) is 1.44. The lowest BCUT2D eigenvalue weighted by molar-refractivity contribution is -0.207. The number of para-hydroxylation sites is 1. The molecule has 0 spiro atoms. The SMILES string of the molecule is CC(C)c1cccc(C(O)C(F)(F)F)c1O. The molecule has 1 aromatic carbocycles. The largest absolute Gasteiger partial charge is 0.507 e.